The molecule has 0 unspecified atom stereocenters. The Balaban J connectivity index is 1.46. The molecular weight excluding hydrogens is 427 g/mol. The summed E-state index contributed by atoms with van der Waals surface area (Å²) < 4.78 is 42.8. The van der Waals surface area contributed by atoms with Gasteiger partial charge in [-0.05, 0) is 30.7 Å². The monoisotopic (exact) mass is 448 g/mol. The first-order chi connectivity index (χ1) is 14.8. The molecule has 0 spiro atoms. The SMILES string of the molecule is Cn1ncc2c(=O)n(CC(=O)N3CCCN(S(=O)(=O)c4ccc(F)cc4)CC3)cnc21. The van der Waals surface area contributed by atoms with Gasteiger partial charge < -0.3 is 4.90 Å². The highest BCUT2D eigenvalue weighted by molar-refractivity contribution is 7.89. The van der Waals surface area contributed by atoms with E-state index in [0.717, 1.165) is 12.1 Å². The number of nitrogens with zero attached hydrogens (tertiary/aromatic N) is 6. The molecule has 1 aliphatic heterocycles. The first-order valence-corrected chi connectivity index (χ1v) is 11.1. The molecule has 3 aromatic rings. The standard InChI is InChI=1S/C19H21FN6O4S/c1-23-18-16(11-22-23)19(28)25(13-21-18)12-17(27)24-7-2-8-26(10-9-24)31(29,30)15-5-3-14(20)4-6-15/h3-6,11,13H,2,7-10,12H2,1H3. The van der Waals surface area contributed by atoms with Crippen molar-refractivity contribution < 1.29 is 17.6 Å². The normalized spacial score (nSPS) is 15.9. The van der Waals surface area contributed by atoms with Gasteiger partial charge >= 0.3 is 0 Å². The third kappa shape index (κ3) is 4.08. The molecule has 0 saturated carbocycles. The fraction of sp³-hybridized carbons (Fsp3) is 0.368. The number of carbonyl (C=O) groups excluding carboxylic acids is 1. The Bertz CT molecular complexity index is 1280. The van der Waals surface area contributed by atoms with Crippen molar-refractivity contribution in [2.75, 3.05) is 26.2 Å². The van der Waals surface area contributed by atoms with Crippen LogP contribution in [-0.2, 0) is 28.4 Å². The molecule has 1 aliphatic rings. The van der Waals surface area contributed by atoms with Gasteiger partial charge in [-0.25, -0.2) is 17.8 Å². The minimum absolute atomic E-state index is 0.0103. The van der Waals surface area contributed by atoms with Crippen LogP contribution in [0.2, 0.25) is 0 Å². The summed E-state index contributed by atoms with van der Waals surface area (Å²) in [5, 5.41) is 4.33. The van der Waals surface area contributed by atoms with E-state index >= 15 is 0 Å². The Labute approximate surface area is 177 Å². The maximum atomic E-state index is 13.1. The predicted octanol–water partition coefficient (Wildman–Crippen LogP) is 0.192. The van der Waals surface area contributed by atoms with Gasteiger partial charge in [0.15, 0.2) is 5.65 Å². The van der Waals surface area contributed by atoms with Crippen LogP contribution in [0.4, 0.5) is 4.39 Å². The quantitative estimate of drug-likeness (QED) is 0.564. The molecule has 0 radical (unpaired) electrons. The van der Waals surface area contributed by atoms with E-state index in [2.05, 4.69) is 10.1 Å². The fourth-order valence-corrected chi connectivity index (χ4v) is 5.03. The minimum atomic E-state index is -3.78. The molecular formula is C19H21FN6O4S. The number of aromatic nitrogens is 4. The van der Waals surface area contributed by atoms with Crippen LogP contribution in [0.1, 0.15) is 6.42 Å². The van der Waals surface area contributed by atoms with Gasteiger partial charge in [0.05, 0.1) is 11.1 Å². The van der Waals surface area contributed by atoms with Gasteiger partial charge in [-0.1, -0.05) is 0 Å². The number of hydrogen-bond donors (Lipinski definition) is 0. The smallest absolute Gasteiger partial charge is 0.264 e. The van der Waals surface area contributed by atoms with Crippen LogP contribution in [0.3, 0.4) is 0 Å². The summed E-state index contributed by atoms with van der Waals surface area (Å²) in [5.41, 5.74) is 0.0758. The van der Waals surface area contributed by atoms with Gasteiger partial charge in [-0.2, -0.15) is 9.40 Å². The number of benzene rings is 1. The van der Waals surface area contributed by atoms with Gasteiger partial charge in [0.1, 0.15) is 24.1 Å². The highest BCUT2D eigenvalue weighted by Crippen LogP contribution is 2.18. The summed E-state index contributed by atoms with van der Waals surface area (Å²) in [7, 11) is -2.11. The van der Waals surface area contributed by atoms with Crippen molar-refractivity contribution in [3.05, 3.63) is 53.0 Å². The van der Waals surface area contributed by atoms with Gasteiger partial charge in [-0.15, -0.1) is 0 Å². The van der Waals surface area contributed by atoms with Gasteiger partial charge in [-0.3, -0.25) is 18.8 Å². The van der Waals surface area contributed by atoms with E-state index < -0.39 is 15.8 Å². The Kier molecular flexibility index (Phi) is 5.58. The first-order valence-electron chi connectivity index (χ1n) is 9.68. The molecule has 0 aliphatic carbocycles. The van der Waals surface area contributed by atoms with Gasteiger partial charge in [0.25, 0.3) is 5.56 Å². The molecule has 1 saturated heterocycles. The van der Waals surface area contributed by atoms with Crippen LogP contribution < -0.4 is 5.56 Å². The molecule has 0 N–H and O–H groups in total. The maximum Gasteiger partial charge on any atom is 0.264 e. The molecule has 2 aromatic heterocycles. The van der Waals surface area contributed by atoms with Crippen molar-refractivity contribution >= 4 is 27.0 Å². The second-order valence-electron chi connectivity index (χ2n) is 7.28. The summed E-state index contributed by atoms with van der Waals surface area (Å²) in [6.07, 6.45) is 3.17. The van der Waals surface area contributed by atoms with Crippen LogP contribution in [0, 0.1) is 5.82 Å². The Morgan fingerprint density at radius 1 is 1.13 bits per heavy atom. The molecule has 1 fully saturated rings. The Morgan fingerprint density at radius 3 is 2.61 bits per heavy atom. The van der Waals surface area contributed by atoms with Crippen LogP contribution in [0.5, 0.6) is 0 Å². The Hall–Kier alpha value is -3.12. The van der Waals surface area contributed by atoms with E-state index in [1.54, 1.807) is 11.9 Å². The summed E-state index contributed by atoms with van der Waals surface area (Å²) in [5.74, 6) is -0.811. The predicted molar refractivity (Wildman–Crippen MR) is 109 cm³/mol. The lowest BCUT2D eigenvalue weighted by Crippen LogP contribution is -2.40. The average Bonchev–Trinajstić information content (AvgIpc) is 2.96. The molecule has 10 nitrogen and oxygen atoms in total. The number of halogens is 1. The van der Waals surface area contributed by atoms with Crippen molar-refractivity contribution in [1.82, 2.24) is 28.5 Å². The first kappa shape index (κ1) is 21.1. The van der Waals surface area contributed by atoms with Crippen molar-refractivity contribution in [3.63, 3.8) is 0 Å². The summed E-state index contributed by atoms with van der Waals surface area (Å²) >= 11 is 0. The van der Waals surface area contributed by atoms with Crippen molar-refractivity contribution in [2.24, 2.45) is 7.05 Å². The highest BCUT2D eigenvalue weighted by atomic mass is 32.2. The third-order valence-corrected chi connectivity index (χ3v) is 7.20. The second-order valence-corrected chi connectivity index (χ2v) is 9.21. The summed E-state index contributed by atoms with van der Waals surface area (Å²) in [4.78, 5) is 31.1. The number of fused-ring (bicyclic) bond motifs is 1. The summed E-state index contributed by atoms with van der Waals surface area (Å²) in [6, 6.07) is 4.66. The van der Waals surface area contributed by atoms with Crippen LogP contribution in [0.25, 0.3) is 11.0 Å². The lowest BCUT2D eigenvalue weighted by atomic mass is 10.3. The lowest BCUT2D eigenvalue weighted by molar-refractivity contribution is -0.131. The van der Waals surface area contributed by atoms with E-state index in [4.69, 9.17) is 0 Å². The molecule has 0 bridgehead atoms. The van der Waals surface area contributed by atoms with Crippen LogP contribution in [-0.4, -0.2) is 69.0 Å². The average molecular weight is 448 g/mol. The minimum Gasteiger partial charge on any atom is -0.340 e. The molecule has 4 rings (SSSR count). The number of sulfonamides is 1. The fourth-order valence-electron chi connectivity index (χ4n) is 3.56. The van der Waals surface area contributed by atoms with E-state index in [9.17, 15) is 22.4 Å². The van der Waals surface area contributed by atoms with Crippen molar-refractivity contribution in [2.45, 2.75) is 17.9 Å². The molecule has 0 atom stereocenters. The van der Waals surface area contributed by atoms with Crippen molar-refractivity contribution in [1.29, 1.82) is 0 Å². The maximum absolute atomic E-state index is 13.1. The van der Waals surface area contributed by atoms with Crippen LogP contribution in [0.15, 0.2) is 46.5 Å². The van der Waals surface area contributed by atoms with E-state index in [-0.39, 0.29) is 42.5 Å². The molecule has 1 amide bonds. The highest BCUT2D eigenvalue weighted by Gasteiger charge is 2.28. The zero-order valence-electron chi connectivity index (χ0n) is 16.8. The number of carbonyl (C=O) groups is 1. The largest absolute Gasteiger partial charge is 0.340 e. The van der Waals surface area contributed by atoms with Gasteiger partial charge in [0.2, 0.25) is 15.9 Å². The number of aryl methyl sites for hydroxylation is 1. The zero-order valence-corrected chi connectivity index (χ0v) is 17.6. The number of amides is 1. The second kappa shape index (κ2) is 8.19. The van der Waals surface area contributed by atoms with Gasteiger partial charge in [0, 0.05) is 33.2 Å². The molecule has 164 valence electrons. The van der Waals surface area contributed by atoms with Crippen molar-refractivity contribution in [3.8, 4) is 0 Å². The zero-order chi connectivity index (χ0) is 22.2. The molecule has 12 heteroatoms. The van der Waals surface area contributed by atoms with E-state index in [0.29, 0.717) is 24.0 Å². The Morgan fingerprint density at radius 2 is 1.87 bits per heavy atom. The third-order valence-electron chi connectivity index (χ3n) is 5.28. The number of hydrogen-bond acceptors (Lipinski definition) is 6. The van der Waals surface area contributed by atoms with E-state index in [1.165, 1.54) is 38.2 Å². The topological polar surface area (TPSA) is 110 Å². The number of rotatable bonds is 4. The summed E-state index contributed by atoms with van der Waals surface area (Å²) in [6.45, 7) is 0.719. The molecule has 1 aromatic carbocycles. The molecule has 31 heavy (non-hydrogen) atoms. The lowest BCUT2D eigenvalue weighted by Gasteiger charge is -2.22. The van der Waals surface area contributed by atoms with Crippen LogP contribution >= 0.6 is 0 Å². The van der Waals surface area contributed by atoms with E-state index in [1.807, 2.05) is 0 Å². The molecule has 3 heterocycles.